The molecule has 186 valence electrons. The van der Waals surface area contributed by atoms with Crippen LogP contribution in [0.2, 0.25) is 0 Å². The van der Waals surface area contributed by atoms with Crippen LogP contribution in [0.1, 0.15) is 18.9 Å². The molecule has 0 saturated carbocycles. The molecule has 0 aliphatic carbocycles. The van der Waals surface area contributed by atoms with E-state index in [9.17, 15) is 9.59 Å². The van der Waals surface area contributed by atoms with Gasteiger partial charge < -0.3 is 14.8 Å². The summed E-state index contributed by atoms with van der Waals surface area (Å²) in [5, 5.41) is 2.86. The third-order valence-corrected chi connectivity index (χ3v) is 6.82. The highest BCUT2D eigenvalue weighted by atomic mass is 32.2. The minimum absolute atomic E-state index is 0.101. The zero-order chi connectivity index (χ0) is 25.3. The first-order chi connectivity index (χ1) is 17.6. The zero-order valence-electron chi connectivity index (χ0n) is 20.3. The van der Waals surface area contributed by atoms with Gasteiger partial charge in [-0.2, -0.15) is 0 Å². The van der Waals surface area contributed by atoms with Crippen molar-refractivity contribution in [2.75, 3.05) is 25.6 Å². The van der Waals surface area contributed by atoms with Crippen LogP contribution in [0.3, 0.4) is 0 Å². The van der Waals surface area contributed by atoms with Crippen LogP contribution in [0.5, 0.6) is 11.5 Å². The van der Waals surface area contributed by atoms with Gasteiger partial charge in [0.1, 0.15) is 16.7 Å². The lowest BCUT2D eigenvalue weighted by atomic mass is 10.1. The van der Waals surface area contributed by atoms with E-state index >= 15 is 0 Å². The number of hydrogen-bond acceptors (Lipinski definition) is 6. The van der Waals surface area contributed by atoms with Crippen molar-refractivity contribution in [3.8, 4) is 11.5 Å². The van der Waals surface area contributed by atoms with Crippen molar-refractivity contribution in [2.45, 2.75) is 25.0 Å². The van der Waals surface area contributed by atoms with Gasteiger partial charge in [-0.15, -0.1) is 0 Å². The minimum atomic E-state index is -0.580. The van der Waals surface area contributed by atoms with E-state index in [4.69, 9.17) is 14.5 Å². The summed E-state index contributed by atoms with van der Waals surface area (Å²) in [4.78, 5) is 32.7. The first kappa shape index (κ1) is 25.3. The van der Waals surface area contributed by atoms with Gasteiger partial charge in [-0.25, -0.2) is 4.99 Å². The van der Waals surface area contributed by atoms with Crippen molar-refractivity contribution >= 4 is 40.1 Å². The summed E-state index contributed by atoms with van der Waals surface area (Å²) in [7, 11) is 1.63. The van der Waals surface area contributed by atoms with E-state index in [1.54, 1.807) is 24.1 Å². The van der Waals surface area contributed by atoms with Gasteiger partial charge in [-0.05, 0) is 67.4 Å². The van der Waals surface area contributed by atoms with Crippen LogP contribution in [0.4, 0.5) is 11.4 Å². The highest BCUT2D eigenvalue weighted by Crippen LogP contribution is 2.30. The number of rotatable bonds is 9. The maximum Gasteiger partial charge on any atom is 0.238 e. The fourth-order valence-electron chi connectivity index (χ4n) is 3.73. The normalized spacial score (nSPS) is 16.6. The van der Waals surface area contributed by atoms with Crippen molar-refractivity contribution in [3.63, 3.8) is 0 Å². The number of methoxy groups -OCH3 is 1. The second-order valence-electron chi connectivity index (χ2n) is 8.13. The Hall–Kier alpha value is -3.78. The van der Waals surface area contributed by atoms with E-state index in [1.807, 2.05) is 73.7 Å². The van der Waals surface area contributed by atoms with Crippen molar-refractivity contribution in [2.24, 2.45) is 4.99 Å². The molecule has 0 aromatic heterocycles. The van der Waals surface area contributed by atoms with E-state index in [-0.39, 0.29) is 18.2 Å². The van der Waals surface area contributed by atoms with Gasteiger partial charge in [-0.1, -0.05) is 42.1 Å². The Kier molecular flexibility index (Phi) is 8.62. The number of nitrogens with one attached hydrogen (secondary N) is 1. The SMILES string of the molecule is CCOc1ccc(NC(=O)C2CC(=O)N(CCc3ccc(OC)cc3)C(=Nc3ccccc3)S2)cc1. The zero-order valence-corrected chi connectivity index (χ0v) is 21.2. The molecule has 3 aromatic carbocycles. The van der Waals surface area contributed by atoms with Crippen molar-refractivity contribution < 1.29 is 19.1 Å². The number of ether oxygens (including phenoxy) is 2. The molecule has 36 heavy (non-hydrogen) atoms. The molecule has 7 nitrogen and oxygen atoms in total. The lowest BCUT2D eigenvalue weighted by Gasteiger charge is -2.32. The van der Waals surface area contributed by atoms with Crippen molar-refractivity contribution in [3.05, 3.63) is 84.4 Å². The van der Waals surface area contributed by atoms with Crippen LogP contribution < -0.4 is 14.8 Å². The Morgan fingerprint density at radius 2 is 1.72 bits per heavy atom. The van der Waals surface area contributed by atoms with Crippen molar-refractivity contribution in [1.29, 1.82) is 0 Å². The van der Waals surface area contributed by atoms with Gasteiger partial charge in [0.2, 0.25) is 11.8 Å². The first-order valence-corrected chi connectivity index (χ1v) is 12.7. The summed E-state index contributed by atoms with van der Waals surface area (Å²) in [6.07, 6.45) is 0.761. The summed E-state index contributed by atoms with van der Waals surface area (Å²) in [6, 6.07) is 24.4. The molecule has 4 rings (SSSR count). The van der Waals surface area contributed by atoms with E-state index in [0.717, 1.165) is 22.7 Å². The van der Waals surface area contributed by atoms with Crippen LogP contribution in [0.15, 0.2) is 83.9 Å². The number of hydrogen-bond donors (Lipinski definition) is 1. The highest BCUT2D eigenvalue weighted by Gasteiger charge is 2.35. The van der Waals surface area contributed by atoms with Crippen LogP contribution in [0, 0.1) is 0 Å². The third kappa shape index (κ3) is 6.66. The molecule has 1 heterocycles. The molecule has 1 N–H and O–H groups in total. The molecule has 8 heteroatoms. The number of amides is 2. The highest BCUT2D eigenvalue weighted by molar-refractivity contribution is 8.15. The second-order valence-corrected chi connectivity index (χ2v) is 9.30. The number of nitrogens with zero attached hydrogens (tertiary/aromatic N) is 2. The monoisotopic (exact) mass is 503 g/mol. The number of benzene rings is 3. The van der Waals surface area contributed by atoms with E-state index in [0.29, 0.717) is 30.4 Å². The summed E-state index contributed by atoms with van der Waals surface area (Å²) in [6.45, 7) is 2.96. The van der Waals surface area contributed by atoms with Crippen LogP contribution in [0.25, 0.3) is 0 Å². The molecule has 1 atom stereocenters. The van der Waals surface area contributed by atoms with Crippen LogP contribution >= 0.6 is 11.8 Å². The minimum Gasteiger partial charge on any atom is -0.497 e. The third-order valence-electron chi connectivity index (χ3n) is 5.63. The van der Waals surface area contributed by atoms with Crippen molar-refractivity contribution in [1.82, 2.24) is 4.90 Å². The summed E-state index contributed by atoms with van der Waals surface area (Å²) in [5.74, 6) is 1.18. The molecule has 3 aromatic rings. The molecule has 0 radical (unpaired) electrons. The Morgan fingerprint density at radius 1 is 1.03 bits per heavy atom. The van der Waals surface area contributed by atoms with Crippen LogP contribution in [-0.2, 0) is 16.0 Å². The van der Waals surface area contributed by atoms with Gasteiger partial charge >= 0.3 is 0 Å². The summed E-state index contributed by atoms with van der Waals surface area (Å²) in [5.41, 5.74) is 2.47. The molecule has 1 unspecified atom stereocenters. The smallest absolute Gasteiger partial charge is 0.238 e. The molecule has 1 aliphatic heterocycles. The molecular weight excluding hydrogens is 474 g/mol. The summed E-state index contributed by atoms with van der Waals surface area (Å²) >= 11 is 1.32. The predicted octanol–water partition coefficient (Wildman–Crippen LogP) is 5.30. The standard InChI is InChI=1S/C28H29N3O4S/c1-3-35-24-15-11-22(12-16-24)29-27(33)25-19-26(32)31(18-17-20-9-13-23(34-2)14-10-20)28(36-25)30-21-7-5-4-6-8-21/h4-16,25H,3,17-19H2,1-2H3,(H,29,33). The lowest BCUT2D eigenvalue weighted by molar-refractivity contribution is -0.129. The van der Waals surface area contributed by atoms with Gasteiger partial charge in [0.15, 0.2) is 5.17 Å². The number of carbonyl (C=O) groups is 2. The Morgan fingerprint density at radius 3 is 2.39 bits per heavy atom. The Balaban J connectivity index is 1.49. The number of aliphatic imine (C=N–C) groups is 1. The molecule has 0 bridgehead atoms. The fourth-order valence-corrected chi connectivity index (χ4v) is 4.86. The topological polar surface area (TPSA) is 80.2 Å². The van der Waals surface area contributed by atoms with E-state index in [2.05, 4.69) is 5.32 Å². The molecular formula is C28H29N3O4S. The lowest BCUT2D eigenvalue weighted by Crippen LogP contribution is -2.46. The van der Waals surface area contributed by atoms with E-state index < -0.39 is 5.25 Å². The molecule has 1 fully saturated rings. The average molecular weight is 504 g/mol. The van der Waals surface area contributed by atoms with Gasteiger partial charge in [0.05, 0.1) is 19.4 Å². The largest absolute Gasteiger partial charge is 0.497 e. The van der Waals surface area contributed by atoms with Gasteiger partial charge in [0.25, 0.3) is 0 Å². The predicted molar refractivity (Wildman–Crippen MR) is 144 cm³/mol. The summed E-state index contributed by atoms with van der Waals surface area (Å²) < 4.78 is 10.7. The Bertz CT molecular complexity index is 1200. The van der Waals surface area contributed by atoms with Gasteiger partial charge in [-0.3, -0.25) is 14.5 Å². The fraction of sp³-hybridized carbons (Fsp3) is 0.250. The first-order valence-electron chi connectivity index (χ1n) is 11.8. The Labute approximate surface area is 215 Å². The molecule has 2 amide bonds. The number of thioether (sulfide) groups is 1. The number of amidine groups is 1. The van der Waals surface area contributed by atoms with Crippen LogP contribution in [-0.4, -0.2) is 47.4 Å². The quantitative estimate of drug-likeness (QED) is 0.429. The maximum absolute atomic E-state index is 13.2. The molecule has 0 spiro atoms. The second kappa shape index (κ2) is 12.3. The number of carbonyl (C=O) groups excluding carboxylic acids is 2. The van der Waals surface area contributed by atoms with E-state index in [1.165, 1.54) is 11.8 Å². The molecule has 1 saturated heterocycles. The maximum atomic E-state index is 13.2. The van der Waals surface area contributed by atoms with Gasteiger partial charge in [0, 0.05) is 18.7 Å². The number of anilines is 1. The average Bonchev–Trinajstić information content (AvgIpc) is 2.90. The molecule has 1 aliphatic rings. The number of para-hydroxylation sites is 1.